The van der Waals surface area contributed by atoms with Gasteiger partial charge in [-0.2, -0.15) is 0 Å². The molecule has 0 unspecified atom stereocenters. The van der Waals surface area contributed by atoms with Crippen LogP contribution in [0, 0.1) is 10.1 Å². The number of nitrogens with zero attached hydrogens (tertiary/aromatic N) is 3. The van der Waals surface area contributed by atoms with Crippen molar-refractivity contribution in [2.45, 2.75) is 0 Å². The Bertz CT molecular complexity index is 1480. The van der Waals surface area contributed by atoms with Gasteiger partial charge in [0.2, 0.25) is 0 Å². The van der Waals surface area contributed by atoms with Crippen LogP contribution in [-0.4, -0.2) is 27.6 Å². The van der Waals surface area contributed by atoms with E-state index in [-0.39, 0.29) is 33.8 Å². The molecule has 35 heavy (non-hydrogen) atoms. The lowest BCUT2D eigenvalue weighted by Gasteiger charge is -2.14. The van der Waals surface area contributed by atoms with Crippen LogP contribution in [0.15, 0.2) is 78.3 Å². The second-order valence-electron chi connectivity index (χ2n) is 7.35. The summed E-state index contributed by atoms with van der Waals surface area (Å²) in [4.78, 5) is 54.0. The van der Waals surface area contributed by atoms with Gasteiger partial charge in [0.05, 0.1) is 21.7 Å². The number of nitrogens with one attached hydrogen (secondary N) is 1. The van der Waals surface area contributed by atoms with E-state index in [1.54, 1.807) is 29.8 Å². The Balaban J connectivity index is 1.38. The van der Waals surface area contributed by atoms with E-state index < -0.39 is 22.6 Å². The van der Waals surface area contributed by atoms with Crippen LogP contribution < -0.4 is 15.0 Å². The fraction of sp³-hybridized carbons (Fsp3) is 0. The zero-order valence-electron chi connectivity index (χ0n) is 17.7. The Morgan fingerprint density at radius 1 is 0.971 bits per heavy atom. The van der Waals surface area contributed by atoms with Crippen LogP contribution in [0.25, 0.3) is 0 Å². The summed E-state index contributed by atoms with van der Waals surface area (Å²) in [5.74, 6) is -0.876. The summed E-state index contributed by atoms with van der Waals surface area (Å²) >= 11 is 1.27. The maximum atomic E-state index is 13.1. The molecule has 0 saturated heterocycles. The zero-order chi connectivity index (χ0) is 24.5. The van der Waals surface area contributed by atoms with E-state index in [1.807, 2.05) is 0 Å². The molecule has 3 amide bonds. The summed E-state index contributed by atoms with van der Waals surface area (Å²) in [6.07, 6.45) is 1.56. The van der Waals surface area contributed by atoms with E-state index in [0.717, 1.165) is 4.90 Å². The summed E-state index contributed by atoms with van der Waals surface area (Å²) in [5.41, 5.74) is 0.776. The Morgan fingerprint density at radius 3 is 2.43 bits per heavy atom. The third-order valence-electron chi connectivity index (χ3n) is 5.16. The first-order valence-corrected chi connectivity index (χ1v) is 11.0. The Labute approximate surface area is 201 Å². The molecule has 10 nitrogen and oxygen atoms in total. The minimum absolute atomic E-state index is 0.0784. The molecule has 1 aromatic heterocycles. The lowest BCUT2D eigenvalue weighted by molar-refractivity contribution is -0.384. The van der Waals surface area contributed by atoms with Crippen LogP contribution in [0.1, 0.15) is 31.1 Å². The Kier molecular flexibility index (Phi) is 5.51. The van der Waals surface area contributed by atoms with Crippen LogP contribution >= 0.6 is 11.3 Å². The molecule has 172 valence electrons. The maximum absolute atomic E-state index is 13.1. The molecule has 0 saturated carbocycles. The van der Waals surface area contributed by atoms with Crippen molar-refractivity contribution in [3.8, 4) is 11.5 Å². The van der Waals surface area contributed by atoms with Gasteiger partial charge in [0, 0.05) is 29.3 Å². The number of ether oxygens (including phenoxy) is 1. The van der Waals surface area contributed by atoms with E-state index in [9.17, 15) is 24.5 Å². The van der Waals surface area contributed by atoms with Crippen LogP contribution in [-0.2, 0) is 0 Å². The molecule has 0 fully saturated rings. The van der Waals surface area contributed by atoms with Gasteiger partial charge in [0.15, 0.2) is 5.13 Å². The van der Waals surface area contributed by atoms with Gasteiger partial charge in [-0.05, 0) is 48.5 Å². The van der Waals surface area contributed by atoms with Gasteiger partial charge in [0.1, 0.15) is 11.5 Å². The molecule has 1 N–H and O–H groups in total. The molecule has 1 aliphatic rings. The molecule has 2 heterocycles. The third kappa shape index (κ3) is 4.23. The quantitative estimate of drug-likeness (QED) is 0.233. The fourth-order valence-electron chi connectivity index (χ4n) is 3.53. The molecule has 0 radical (unpaired) electrons. The van der Waals surface area contributed by atoms with Crippen molar-refractivity contribution in [1.29, 1.82) is 0 Å². The number of carbonyl (C=O) groups is 3. The van der Waals surface area contributed by atoms with Gasteiger partial charge >= 0.3 is 0 Å². The SMILES string of the molecule is O=C(Nc1nccs1)c1cccc(N2C(=O)c3ccc(Oc4ccc([N+](=O)[O-])cc4)cc3C2=O)c1. The van der Waals surface area contributed by atoms with Gasteiger partial charge < -0.3 is 4.74 Å². The van der Waals surface area contributed by atoms with Crippen molar-refractivity contribution < 1.29 is 24.0 Å². The largest absolute Gasteiger partial charge is 0.457 e. The summed E-state index contributed by atoms with van der Waals surface area (Å²) in [6, 6.07) is 16.1. The summed E-state index contributed by atoms with van der Waals surface area (Å²) < 4.78 is 5.70. The smallest absolute Gasteiger partial charge is 0.269 e. The predicted molar refractivity (Wildman–Crippen MR) is 127 cm³/mol. The van der Waals surface area contributed by atoms with Crippen molar-refractivity contribution in [1.82, 2.24) is 4.98 Å². The lowest BCUT2D eigenvalue weighted by Crippen LogP contribution is -2.29. The van der Waals surface area contributed by atoms with Crippen molar-refractivity contribution in [2.24, 2.45) is 0 Å². The highest BCUT2D eigenvalue weighted by Gasteiger charge is 2.37. The number of non-ortho nitro benzene ring substituents is 1. The number of aromatic nitrogens is 1. The number of fused-ring (bicyclic) bond motifs is 1. The van der Waals surface area contributed by atoms with Crippen LogP contribution in [0.2, 0.25) is 0 Å². The van der Waals surface area contributed by atoms with E-state index in [1.165, 1.54) is 59.9 Å². The normalized spacial score (nSPS) is 12.4. The molecular weight excluding hydrogens is 472 g/mol. The molecule has 0 atom stereocenters. The minimum atomic E-state index is -0.559. The maximum Gasteiger partial charge on any atom is 0.269 e. The zero-order valence-corrected chi connectivity index (χ0v) is 18.5. The molecule has 0 bridgehead atoms. The number of anilines is 2. The van der Waals surface area contributed by atoms with E-state index in [2.05, 4.69) is 10.3 Å². The van der Waals surface area contributed by atoms with Crippen molar-refractivity contribution in [3.05, 3.63) is 105 Å². The molecule has 5 rings (SSSR count). The average molecular weight is 486 g/mol. The topological polar surface area (TPSA) is 132 Å². The fourth-order valence-corrected chi connectivity index (χ4v) is 4.05. The van der Waals surface area contributed by atoms with Gasteiger partial charge in [-0.15, -0.1) is 11.3 Å². The number of thiazole rings is 1. The second-order valence-corrected chi connectivity index (χ2v) is 8.24. The van der Waals surface area contributed by atoms with Crippen molar-refractivity contribution in [3.63, 3.8) is 0 Å². The Hall–Kier alpha value is -4.90. The molecule has 4 aromatic rings. The van der Waals surface area contributed by atoms with Crippen molar-refractivity contribution in [2.75, 3.05) is 10.2 Å². The van der Waals surface area contributed by atoms with Crippen molar-refractivity contribution >= 4 is 45.6 Å². The molecule has 0 aliphatic carbocycles. The first kappa shape index (κ1) is 21.9. The number of hydrogen-bond donors (Lipinski definition) is 1. The summed E-state index contributed by atoms with van der Waals surface area (Å²) in [7, 11) is 0. The number of amides is 3. The number of benzene rings is 3. The van der Waals surface area contributed by atoms with E-state index >= 15 is 0 Å². The number of nitro groups is 1. The van der Waals surface area contributed by atoms with Gasteiger partial charge in [0.25, 0.3) is 23.4 Å². The predicted octanol–water partition coefficient (Wildman–Crippen LogP) is 4.90. The average Bonchev–Trinajstić information content (AvgIpc) is 3.45. The second kappa shape index (κ2) is 8.80. The Morgan fingerprint density at radius 2 is 1.71 bits per heavy atom. The highest BCUT2D eigenvalue weighted by Crippen LogP contribution is 2.33. The minimum Gasteiger partial charge on any atom is -0.457 e. The first-order valence-electron chi connectivity index (χ1n) is 10.2. The highest BCUT2D eigenvalue weighted by atomic mass is 32.1. The molecule has 3 aromatic carbocycles. The monoisotopic (exact) mass is 486 g/mol. The third-order valence-corrected chi connectivity index (χ3v) is 5.85. The van der Waals surface area contributed by atoms with Gasteiger partial charge in [-0.1, -0.05) is 6.07 Å². The van der Waals surface area contributed by atoms with Crippen LogP contribution in [0.4, 0.5) is 16.5 Å². The number of hydrogen-bond acceptors (Lipinski definition) is 8. The molecular formula is C24H14N4O6S. The first-order chi connectivity index (χ1) is 16.9. The highest BCUT2D eigenvalue weighted by molar-refractivity contribution is 7.13. The summed E-state index contributed by atoms with van der Waals surface area (Å²) in [6.45, 7) is 0. The molecule has 1 aliphatic heterocycles. The van der Waals surface area contributed by atoms with E-state index in [0.29, 0.717) is 10.9 Å². The number of imide groups is 1. The van der Waals surface area contributed by atoms with Gasteiger partial charge in [-0.3, -0.25) is 29.8 Å². The van der Waals surface area contributed by atoms with Crippen LogP contribution in [0.5, 0.6) is 11.5 Å². The number of carbonyl (C=O) groups excluding carboxylic acids is 3. The lowest BCUT2D eigenvalue weighted by atomic mass is 10.1. The standard InChI is InChI=1S/C24H14N4O6S/c29-21(26-24-25-10-11-35-24)14-2-1-3-16(12-14)27-22(30)19-9-8-18(13-20(19)23(27)31)34-17-6-4-15(5-7-17)28(32)33/h1-13H,(H,25,26,29). The number of nitro benzene ring substituents is 1. The molecule has 11 heteroatoms. The number of rotatable bonds is 6. The summed E-state index contributed by atoms with van der Waals surface area (Å²) in [5, 5.41) is 15.6. The molecule has 0 spiro atoms. The van der Waals surface area contributed by atoms with Crippen LogP contribution in [0.3, 0.4) is 0 Å². The van der Waals surface area contributed by atoms with E-state index in [4.69, 9.17) is 4.74 Å². The van der Waals surface area contributed by atoms with Gasteiger partial charge in [-0.25, -0.2) is 9.88 Å².